The van der Waals surface area contributed by atoms with Crippen LogP contribution in [0.3, 0.4) is 0 Å². The molecule has 1 N–H and O–H groups in total. The second-order valence-corrected chi connectivity index (χ2v) is 12.5. The first-order valence-corrected chi connectivity index (χ1v) is 15.6. The molecule has 11 heteroatoms. The third-order valence-corrected chi connectivity index (χ3v) is 9.90. The summed E-state index contributed by atoms with van der Waals surface area (Å²) in [5.74, 6) is -1.25. The molecule has 2 aromatic carbocycles. The number of ketones is 1. The summed E-state index contributed by atoms with van der Waals surface area (Å²) >= 11 is 0. The molecule has 0 radical (unpaired) electrons. The van der Waals surface area contributed by atoms with Crippen LogP contribution in [-0.4, -0.2) is 98.9 Å². The van der Waals surface area contributed by atoms with Gasteiger partial charge in [0, 0.05) is 44.8 Å². The Morgan fingerprint density at radius 1 is 0.976 bits per heavy atom. The maximum atomic E-state index is 13.4. The van der Waals surface area contributed by atoms with E-state index in [2.05, 4.69) is 4.90 Å². The molecule has 3 heterocycles. The Morgan fingerprint density at radius 3 is 2.37 bits per heavy atom. The van der Waals surface area contributed by atoms with Crippen LogP contribution in [0.25, 0.3) is 5.76 Å². The number of amides is 1. The van der Waals surface area contributed by atoms with Gasteiger partial charge in [-0.05, 0) is 49.1 Å². The highest BCUT2D eigenvalue weighted by Crippen LogP contribution is 2.40. The van der Waals surface area contributed by atoms with Gasteiger partial charge in [0.25, 0.3) is 11.7 Å². The van der Waals surface area contributed by atoms with E-state index >= 15 is 0 Å². The van der Waals surface area contributed by atoms with Gasteiger partial charge in [0.05, 0.1) is 36.8 Å². The lowest BCUT2D eigenvalue weighted by Crippen LogP contribution is -2.38. The zero-order valence-electron chi connectivity index (χ0n) is 23.3. The molecule has 2 aromatic rings. The van der Waals surface area contributed by atoms with Crippen molar-refractivity contribution in [3.63, 3.8) is 0 Å². The molecule has 0 spiro atoms. The van der Waals surface area contributed by atoms with E-state index in [1.54, 1.807) is 43.5 Å². The number of piperidine rings is 1. The number of aliphatic hydroxyl groups excluding tert-OH is 1. The molecule has 0 aromatic heterocycles. The molecule has 3 fully saturated rings. The third-order valence-electron chi connectivity index (χ3n) is 8.01. The first-order chi connectivity index (χ1) is 19.8. The number of methoxy groups -OCH3 is 1. The van der Waals surface area contributed by atoms with Gasteiger partial charge in [-0.1, -0.05) is 30.7 Å². The van der Waals surface area contributed by atoms with E-state index in [1.165, 1.54) is 21.3 Å². The molecular formula is C30H37N3O7S. The summed E-state index contributed by atoms with van der Waals surface area (Å²) < 4.78 is 38.8. The second kappa shape index (κ2) is 12.7. The molecule has 1 amide bonds. The molecule has 1 unspecified atom stereocenters. The van der Waals surface area contributed by atoms with Gasteiger partial charge in [-0.3, -0.25) is 14.5 Å². The predicted molar refractivity (Wildman–Crippen MR) is 153 cm³/mol. The van der Waals surface area contributed by atoms with Crippen LogP contribution in [0.2, 0.25) is 0 Å². The first kappa shape index (κ1) is 29.2. The molecule has 0 bridgehead atoms. The molecule has 1 atom stereocenters. The van der Waals surface area contributed by atoms with Crippen LogP contribution in [0.4, 0.5) is 0 Å². The summed E-state index contributed by atoms with van der Waals surface area (Å²) in [5, 5.41) is 11.5. The van der Waals surface area contributed by atoms with E-state index in [0.29, 0.717) is 50.6 Å². The van der Waals surface area contributed by atoms with Gasteiger partial charge in [-0.25, -0.2) is 8.42 Å². The van der Waals surface area contributed by atoms with E-state index in [1.807, 2.05) is 0 Å². The Balaban J connectivity index is 1.49. The van der Waals surface area contributed by atoms with E-state index in [9.17, 15) is 23.1 Å². The summed E-state index contributed by atoms with van der Waals surface area (Å²) in [4.78, 5) is 30.6. The van der Waals surface area contributed by atoms with Crippen LogP contribution >= 0.6 is 0 Å². The quantitative estimate of drug-likeness (QED) is 0.272. The number of carbonyl (C=O) groups excluding carboxylic acids is 2. The minimum Gasteiger partial charge on any atom is -0.507 e. The Labute approximate surface area is 241 Å². The fraction of sp³-hybridized carbons (Fsp3) is 0.467. The molecular weight excluding hydrogens is 546 g/mol. The lowest BCUT2D eigenvalue weighted by molar-refractivity contribution is -0.140. The van der Waals surface area contributed by atoms with Gasteiger partial charge >= 0.3 is 0 Å². The monoisotopic (exact) mass is 583 g/mol. The van der Waals surface area contributed by atoms with Crippen molar-refractivity contribution in [3.05, 3.63) is 65.2 Å². The van der Waals surface area contributed by atoms with Crippen LogP contribution in [0.1, 0.15) is 42.9 Å². The molecule has 5 rings (SSSR count). The molecule has 220 valence electrons. The van der Waals surface area contributed by atoms with Crippen LogP contribution in [-0.2, 0) is 24.3 Å². The van der Waals surface area contributed by atoms with Crippen molar-refractivity contribution < 1.29 is 32.6 Å². The van der Waals surface area contributed by atoms with E-state index in [0.717, 1.165) is 38.9 Å². The van der Waals surface area contributed by atoms with Crippen LogP contribution < -0.4 is 4.74 Å². The second-order valence-electron chi connectivity index (χ2n) is 10.6. The molecule has 3 aliphatic heterocycles. The van der Waals surface area contributed by atoms with Crippen molar-refractivity contribution in [2.75, 3.05) is 59.6 Å². The molecule has 0 aliphatic carbocycles. The first-order valence-electron chi connectivity index (χ1n) is 14.1. The number of likely N-dealkylation sites (tertiary alicyclic amines) is 1. The minimum absolute atomic E-state index is 0.0455. The Kier molecular flexibility index (Phi) is 9.08. The number of carbonyl (C=O) groups is 2. The summed E-state index contributed by atoms with van der Waals surface area (Å²) in [6.07, 6.45) is 3.24. The normalized spacial score (nSPS) is 22.3. The Morgan fingerprint density at radius 2 is 1.68 bits per heavy atom. The number of Topliss-reactive ketones (excluding diaryl/α,β-unsaturated/α-hetero) is 1. The SMILES string of the molecule is COc1ccc(C2C(=C(O)c3cccc(S(=O)(=O)N4CCCCC4)c3)C(=O)C(=O)N2CCCN2CCOCC2)cc1. The van der Waals surface area contributed by atoms with Crippen molar-refractivity contribution in [3.8, 4) is 5.75 Å². The Hall–Kier alpha value is -3.25. The lowest BCUT2D eigenvalue weighted by Gasteiger charge is -2.29. The topological polar surface area (TPSA) is 117 Å². The van der Waals surface area contributed by atoms with Gasteiger partial charge in [0.2, 0.25) is 10.0 Å². The number of morpholine rings is 1. The molecule has 3 aliphatic rings. The van der Waals surface area contributed by atoms with Crippen LogP contribution in [0.5, 0.6) is 5.75 Å². The highest BCUT2D eigenvalue weighted by molar-refractivity contribution is 7.89. The summed E-state index contributed by atoms with van der Waals surface area (Å²) in [5.41, 5.74) is 0.766. The number of sulfonamides is 1. The number of ether oxygens (including phenoxy) is 2. The van der Waals surface area contributed by atoms with E-state index in [-0.39, 0.29) is 16.0 Å². The average molecular weight is 584 g/mol. The average Bonchev–Trinajstić information content (AvgIpc) is 3.27. The number of hydrogen-bond donors (Lipinski definition) is 1. The van der Waals surface area contributed by atoms with E-state index < -0.39 is 33.5 Å². The third kappa shape index (κ3) is 6.18. The van der Waals surface area contributed by atoms with Gasteiger partial charge in [0.15, 0.2) is 0 Å². The summed E-state index contributed by atoms with van der Waals surface area (Å²) in [6, 6.07) is 12.2. The maximum Gasteiger partial charge on any atom is 0.295 e. The largest absolute Gasteiger partial charge is 0.507 e. The number of aliphatic hydroxyl groups is 1. The zero-order valence-corrected chi connectivity index (χ0v) is 24.1. The van der Waals surface area contributed by atoms with Crippen molar-refractivity contribution in [2.45, 2.75) is 36.6 Å². The summed E-state index contributed by atoms with van der Waals surface area (Å²) in [6.45, 7) is 4.94. The smallest absolute Gasteiger partial charge is 0.295 e. The zero-order chi connectivity index (χ0) is 29.0. The highest BCUT2D eigenvalue weighted by atomic mass is 32.2. The molecule has 3 saturated heterocycles. The number of hydrogen-bond acceptors (Lipinski definition) is 8. The van der Waals surface area contributed by atoms with Gasteiger partial charge in [-0.15, -0.1) is 0 Å². The molecule has 10 nitrogen and oxygen atoms in total. The van der Waals surface area contributed by atoms with E-state index in [4.69, 9.17) is 9.47 Å². The van der Waals surface area contributed by atoms with Crippen LogP contribution in [0, 0.1) is 0 Å². The fourth-order valence-electron chi connectivity index (χ4n) is 5.75. The fourth-order valence-corrected chi connectivity index (χ4v) is 7.31. The van der Waals surface area contributed by atoms with Crippen molar-refractivity contribution in [1.29, 1.82) is 0 Å². The van der Waals surface area contributed by atoms with Crippen molar-refractivity contribution in [2.24, 2.45) is 0 Å². The Bertz CT molecular complexity index is 1400. The molecule has 0 saturated carbocycles. The maximum absolute atomic E-state index is 13.4. The lowest BCUT2D eigenvalue weighted by atomic mass is 9.95. The minimum atomic E-state index is -3.76. The number of nitrogens with zero attached hydrogens (tertiary/aromatic N) is 3. The predicted octanol–water partition coefficient (Wildman–Crippen LogP) is 3.01. The van der Waals surface area contributed by atoms with Gasteiger partial charge < -0.3 is 19.5 Å². The van der Waals surface area contributed by atoms with Gasteiger partial charge in [-0.2, -0.15) is 4.31 Å². The van der Waals surface area contributed by atoms with Crippen LogP contribution in [0.15, 0.2) is 59.0 Å². The van der Waals surface area contributed by atoms with Crippen molar-refractivity contribution >= 4 is 27.5 Å². The standard InChI is InChI=1S/C30H37N3O7S/c1-39-24-11-9-22(10-12-24)27-26(29(35)30(36)33(27)16-6-13-31-17-19-40-20-18-31)28(34)23-7-5-8-25(21-23)41(37,38)32-14-3-2-4-15-32/h5,7-12,21,27,34H,2-4,6,13-20H2,1H3. The van der Waals surface area contributed by atoms with Crippen molar-refractivity contribution in [1.82, 2.24) is 14.1 Å². The number of rotatable bonds is 9. The molecule has 41 heavy (non-hydrogen) atoms. The van der Waals surface area contributed by atoms with Gasteiger partial charge in [0.1, 0.15) is 11.5 Å². The summed E-state index contributed by atoms with van der Waals surface area (Å²) in [7, 11) is -2.21. The number of benzene rings is 2. The highest BCUT2D eigenvalue weighted by Gasteiger charge is 2.46.